The normalized spacial score (nSPS) is 9.94. The highest BCUT2D eigenvalue weighted by Gasteiger charge is 2.20. The molecule has 0 aliphatic rings. The van der Waals surface area contributed by atoms with Gasteiger partial charge in [-0.15, -0.1) is 11.3 Å². The van der Waals surface area contributed by atoms with Gasteiger partial charge in [-0.05, 0) is 18.9 Å². The Morgan fingerprint density at radius 3 is 2.50 bits per heavy atom. The van der Waals surface area contributed by atoms with E-state index in [1.165, 1.54) is 18.4 Å². The van der Waals surface area contributed by atoms with Gasteiger partial charge >= 0.3 is 12.0 Å². The summed E-state index contributed by atoms with van der Waals surface area (Å²) in [6, 6.07) is -0.411. The molecule has 0 radical (unpaired) electrons. The van der Waals surface area contributed by atoms with Crippen molar-refractivity contribution >= 4 is 28.3 Å². The highest BCUT2D eigenvalue weighted by Crippen LogP contribution is 2.33. The van der Waals surface area contributed by atoms with E-state index in [-0.39, 0.29) is 5.56 Å². The molecule has 1 rings (SSSR count). The van der Waals surface area contributed by atoms with E-state index in [4.69, 9.17) is 5.11 Å². The smallest absolute Gasteiger partial charge is 0.338 e. The van der Waals surface area contributed by atoms with Crippen molar-refractivity contribution in [3.05, 3.63) is 16.0 Å². The summed E-state index contributed by atoms with van der Waals surface area (Å²) in [5.41, 5.74) is 0.914. The first kappa shape index (κ1) is 12.5. The van der Waals surface area contributed by atoms with E-state index in [0.717, 1.165) is 16.9 Å². The zero-order valence-corrected chi connectivity index (χ0v) is 10.2. The fourth-order valence-electron chi connectivity index (χ4n) is 1.41. The number of hydrogen-bond donors (Lipinski definition) is 3. The van der Waals surface area contributed by atoms with Gasteiger partial charge in [0.05, 0.1) is 5.56 Å². The number of anilines is 1. The molecule has 0 aliphatic heterocycles. The standard InChI is InChI=1S/C10H14N2O3S/c1-4-6-5(2)7(9(13)14)8(16-6)12-10(15)11-3/h4H2,1-3H3,(H,13,14)(H2,11,12,15). The molecule has 0 unspecified atom stereocenters. The molecule has 1 heterocycles. The van der Waals surface area contributed by atoms with Gasteiger partial charge in [-0.3, -0.25) is 5.32 Å². The molecule has 0 aromatic carbocycles. The summed E-state index contributed by atoms with van der Waals surface area (Å²) in [5, 5.41) is 14.4. The van der Waals surface area contributed by atoms with Crippen LogP contribution in [0.4, 0.5) is 9.80 Å². The van der Waals surface area contributed by atoms with E-state index in [1.807, 2.05) is 6.92 Å². The number of carboxylic acid groups (broad SMARTS) is 1. The third kappa shape index (κ3) is 2.33. The summed E-state index contributed by atoms with van der Waals surface area (Å²) in [7, 11) is 1.48. The highest BCUT2D eigenvalue weighted by atomic mass is 32.1. The van der Waals surface area contributed by atoms with E-state index < -0.39 is 12.0 Å². The molecule has 88 valence electrons. The maximum Gasteiger partial charge on any atom is 0.338 e. The Hall–Kier alpha value is -1.56. The van der Waals surface area contributed by atoms with Crippen LogP contribution in [0.25, 0.3) is 0 Å². The van der Waals surface area contributed by atoms with Crippen LogP contribution >= 0.6 is 11.3 Å². The van der Waals surface area contributed by atoms with E-state index in [1.54, 1.807) is 6.92 Å². The quantitative estimate of drug-likeness (QED) is 0.759. The first-order chi connectivity index (χ1) is 7.51. The number of thiophene rings is 1. The van der Waals surface area contributed by atoms with Crippen molar-refractivity contribution in [2.45, 2.75) is 20.3 Å². The topological polar surface area (TPSA) is 78.4 Å². The third-order valence-corrected chi connectivity index (χ3v) is 3.59. The summed E-state index contributed by atoms with van der Waals surface area (Å²) in [4.78, 5) is 23.2. The largest absolute Gasteiger partial charge is 0.478 e. The van der Waals surface area contributed by atoms with Crippen molar-refractivity contribution in [1.29, 1.82) is 0 Å². The van der Waals surface area contributed by atoms with E-state index in [0.29, 0.717) is 5.00 Å². The molecule has 5 nitrogen and oxygen atoms in total. The van der Waals surface area contributed by atoms with Crippen molar-refractivity contribution in [2.75, 3.05) is 12.4 Å². The number of urea groups is 1. The second-order valence-corrected chi connectivity index (χ2v) is 4.32. The minimum Gasteiger partial charge on any atom is -0.478 e. The van der Waals surface area contributed by atoms with Gasteiger partial charge in [0.15, 0.2) is 0 Å². The van der Waals surface area contributed by atoms with Crippen LogP contribution in [0.2, 0.25) is 0 Å². The lowest BCUT2D eigenvalue weighted by atomic mass is 10.1. The van der Waals surface area contributed by atoms with Gasteiger partial charge < -0.3 is 10.4 Å². The summed E-state index contributed by atoms with van der Waals surface area (Å²) < 4.78 is 0. The lowest BCUT2D eigenvalue weighted by Crippen LogP contribution is -2.24. The Bertz CT molecular complexity index is 426. The number of aromatic carboxylic acids is 1. The Labute approximate surface area is 97.5 Å². The van der Waals surface area contributed by atoms with Crippen molar-refractivity contribution in [1.82, 2.24) is 5.32 Å². The molecular formula is C10H14N2O3S. The van der Waals surface area contributed by atoms with Crippen molar-refractivity contribution in [3.8, 4) is 0 Å². The zero-order chi connectivity index (χ0) is 12.3. The van der Waals surface area contributed by atoms with E-state index in [2.05, 4.69) is 10.6 Å². The number of hydrogen-bond acceptors (Lipinski definition) is 3. The maximum absolute atomic E-state index is 11.2. The first-order valence-corrected chi connectivity index (χ1v) is 5.67. The molecule has 3 N–H and O–H groups in total. The number of aryl methyl sites for hydroxylation is 1. The summed E-state index contributed by atoms with van der Waals surface area (Å²) in [5.74, 6) is -1.01. The van der Waals surface area contributed by atoms with Crippen LogP contribution in [-0.4, -0.2) is 24.2 Å². The molecule has 16 heavy (non-hydrogen) atoms. The van der Waals surface area contributed by atoms with Crippen LogP contribution in [0.3, 0.4) is 0 Å². The van der Waals surface area contributed by atoms with Gasteiger partial charge in [0.25, 0.3) is 0 Å². The van der Waals surface area contributed by atoms with Crippen molar-refractivity contribution < 1.29 is 14.7 Å². The lowest BCUT2D eigenvalue weighted by molar-refractivity contribution is 0.0697. The summed E-state index contributed by atoms with van der Waals surface area (Å²) >= 11 is 1.31. The minimum atomic E-state index is -1.01. The SMILES string of the molecule is CCc1sc(NC(=O)NC)c(C(=O)O)c1C. The molecular weight excluding hydrogens is 228 g/mol. The molecule has 0 saturated carbocycles. The van der Waals surface area contributed by atoms with Crippen LogP contribution in [0.5, 0.6) is 0 Å². The third-order valence-electron chi connectivity index (χ3n) is 2.23. The van der Waals surface area contributed by atoms with Gasteiger partial charge in [-0.2, -0.15) is 0 Å². The zero-order valence-electron chi connectivity index (χ0n) is 9.38. The molecule has 2 amide bonds. The van der Waals surface area contributed by atoms with Gasteiger partial charge in [-0.1, -0.05) is 6.92 Å². The van der Waals surface area contributed by atoms with Gasteiger partial charge in [0.2, 0.25) is 0 Å². The molecule has 0 bridgehead atoms. The highest BCUT2D eigenvalue weighted by molar-refractivity contribution is 7.16. The number of carbonyl (C=O) groups excluding carboxylic acids is 1. The number of carboxylic acids is 1. The molecule has 0 aliphatic carbocycles. The van der Waals surface area contributed by atoms with Gasteiger partial charge in [0.1, 0.15) is 5.00 Å². The molecule has 0 saturated heterocycles. The number of carbonyl (C=O) groups is 2. The van der Waals surface area contributed by atoms with E-state index in [9.17, 15) is 9.59 Å². The Balaban J connectivity index is 3.16. The van der Waals surface area contributed by atoms with E-state index >= 15 is 0 Å². The maximum atomic E-state index is 11.2. The average molecular weight is 242 g/mol. The summed E-state index contributed by atoms with van der Waals surface area (Å²) in [6.07, 6.45) is 0.756. The predicted octanol–water partition coefficient (Wildman–Crippen LogP) is 2.07. The lowest BCUT2D eigenvalue weighted by Gasteiger charge is -2.02. The molecule has 1 aromatic heterocycles. The minimum absolute atomic E-state index is 0.186. The number of amides is 2. The Morgan fingerprint density at radius 1 is 1.44 bits per heavy atom. The van der Waals surface area contributed by atoms with Crippen LogP contribution in [0.1, 0.15) is 27.7 Å². The average Bonchev–Trinajstić information content (AvgIpc) is 2.54. The van der Waals surface area contributed by atoms with Crippen LogP contribution < -0.4 is 10.6 Å². The molecule has 6 heteroatoms. The summed E-state index contributed by atoms with van der Waals surface area (Å²) in [6.45, 7) is 3.71. The predicted molar refractivity (Wildman–Crippen MR) is 63.5 cm³/mol. The molecule has 0 fully saturated rings. The fraction of sp³-hybridized carbons (Fsp3) is 0.400. The van der Waals surface area contributed by atoms with Crippen LogP contribution in [0, 0.1) is 6.92 Å². The first-order valence-electron chi connectivity index (χ1n) is 4.85. The second-order valence-electron chi connectivity index (χ2n) is 3.22. The number of nitrogens with one attached hydrogen (secondary N) is 2. The van der Waals surface area contributed by atoms with Crippen molar-refractivity contribution in [2.24, 2.45) is 0 Å². The monoisotopic (exact) mass is 242 g/mol. The number of rotatable bonds is 3. The fourth-order valence-corrected chi connectivity index (χ4v) is 2.54. The molecule has 0 spiro atoms. The van der Waals surface area contributed by atoms with Gasteiger partial charge in [-0.25, -0.2) is 9.59 Å². The van der Waals surface area contributed by atoms with Crippen molar-refractivity contribution in [3.63, 3.8) is 0 Å². The Kier molecular flexibility index (Phi) is 3.89. The van der Waals surface area contributed by atoms with Crippen LogP contribution in [-0.2, 0) is 6.42 Å². The van der Waals surface area contributed by atoms with Crippen LogP contribution in [0.15, 0.2) is 0 Å². The Morgan fingerprint density at radius 2 is 2.06 bits per heavy atom. The second kappa shape index (κ2) is 4.98. The molecule has 0 atom stereocenters. The van der Waals surface area contributed by atoms with Gasteiger partial charge in [0, 0.05) is 11.9 Å². The molecule has 1 aromatic rings.